The summed E-state index contributed by atoms with van der Waals surface area (Å²) < 4.78 is 0. The molecule has 0 spiro atoms. The molecule has 0 amide bonds. The molecule has 0 bridgehead atoms. The van der Waals surface area contributed by atoms with E-state index in [1.54, 1.807) is 10.5 Å². The van der Waals surface area contributed by atoms with Crippen LogP contribution in [0.1, 0.15) is 72.1 Å². The van der Waals surface area contributed by atoms with Crippen LogP contribution in [0.4, 0.5) is 0 Å². The Kier molecular flexibility index (Phi) is 5.13. The van der Waals surface area contributed by atoms with Crippen LogP contribution >= 0.6 is 23.4 Å². The number of rotatable bonds is 4. The Morgan fingerprint density at radius 2 is 2.00 bits per heavy atom. The van der Waals surface area contributed by atoms with E-state index in [9.17, 15) is 0 Å². The van der Waals surface area contributed by atoms with Crippen molar-refractivity contribution in [1.82, 2.24) is 0 Å². The Labute approximate surface area is 164 Å². The Hall–Kier alpha value is 0.120. The third-order valence-electron chi connectivity index (χ3n) is 8.79. The Balaban J connectivity index is 1.60. The summed E-state index contributed by atoms with van der Waals surface area (Å²) >= 11 is 7.89. The molecule has 4 aliphatic rings. The third-order valence-corrected chi connectivity index (χ3v) is 10.3. The lowest BCUT2D eigenvalue weighted by Gasteiger charge is -2.57. The monoisotopic (exact) mass is 378 g/mol. The Bertz CT molecular complexity index is 579. The van der Waals surface area contributed by atoms with Crippen molar-refractivity contribution in [1.29, 1.82) is 0 Å². The highest BCUT2D eigenvalue weighted by molar-refractivity contribution is 8.03. The first kappa shape index (κ1) is 18.5. The summed E-state index contributed by atoms with van der Waals surface area (Å²) in [6, 6.07) is 0. The van der Waals surface area contributed by atoms with Gasteiger partial charge in [-0.15, -0.1) is 23.4 Å². The Morgan fingerprint density at radius 3 is 2.76 bits per heavy atom. The van der Waals surface area contributed by atoms with Crippen molar-refractivity contribution in [3.63, 3.8) is 0 Å². The van der Waals surface area contributed by atoms with E-state index in [0.29, 0.717) is 10.8 Å². The van der Waals surface area contributed by atoms with Gasteiger partial charge >= 0.3 is 0 Å². The van der Waals surface area contributed by atoms with Gasteiger partial charge in [0, 0.05) is 11.6 Å². The summed E-state index contributed by atoms with van der Waals surface area (Å²) in [5.41, 5.74) is 2.76. The topological polar surface area (TPSA) is 0 Å². The Morgan fingerprint density at radius 1 is 1.16 bits per heavy atom. The van der Waals surface area contributed by atoms with Crippen LogP contribution in [0.25, 0.3) is 0 Å². The van der Waals surface area contributed by atoms with Gasteiger partial charge in [0.05, 0.1) is 0 Å². The van der Waals surface area contributed by atoms with Crippen LogP contribution in [0.5, 0.6) is 0 Å². The molecule has 0 saturated heterocycles. The second-order valence-corrected chi connectivity index (χ2v) is 11.2. The number of halogens is 1. The largest absolute Gasteiger partial charge is 0.129 e. The molecule has 4 aliphatic carbocycles. The molecule has 4 rings (SSSR count). The van der Waals surface area contributed by atoms with Gasteiger partial charge in [0.1, 0.15) is 0 Å². The predicted molar refractivity (Wildman–Crippen MR) is 112 cm³/mol. The van der Waals surface area contributed by atoms with E-state index >= 15 is 0 Å². The maximum Gasteiger partial charge on any atom is 0.0317 e. The fraction of sp³-hybridized carbons (Fsp3) is 0.826. The van der Waals surface area contributed by atoms with Gasteiger partial charge in [-0.3, -0.25) is 0 Å². The first-order valence-electron chi connectivity index (χ1n) is 10.6. The molecule has 140 valence electrons. The van der Waals surface area contributed by atoms with E-state index in [1.165, 1.54) is 51.4 Å². The molecule has 2 heteroatoms. The zero-order valence-electron chi connectivity index (χ0n) is 16.3. The summed E-state index contributed by atoms with van der Waals surface area (Å²) in [5, 5.41) is 0. The van der Waals surface area contributed by atoms with Crippen molar-refractivity contribution in [2.75, 3.05) is 11.6 Å². The molecule has 2 saturated carbocycles. The molecule has 0 aromatic heterocycles. The molecule has 0 aromatic carbocycles. The van der Waals surface area contributed by atoms with Crippen molar-refractivity contribution < 1.29 is 0 Å². The van der Waals surface area contributed by atoms with Crippen LogP contribution in [0, 0.1) is 34.5 Å². The van der Waals surface area contributed by atoms with Crippen LogP contribution in [-0.4, -0.2) is 11.6 Å². The quantitative estimate of drug-likeness (QED) is 0.458. The fourth-order valence-electron chi connectivity index (χ4n) is 7.36. The van der Waals surface area contributed by atoms with E-state index in [4.69, 9.17) is 11.6 Å². The molecular formula is C23H35ClS. The van der Waals surface area contributed by atoms with Gasteiger partial charge in [-0.05, 0) is 96.0 Å². The normalized spacial score (nSPS) is 45.9. The van der Waals surface area contributed by atoms with Gasteiger partial charge in [0.25, 0.3) is 0 Å². The average Bonchev–Trinajstić information content (AvgIpc) is 2.96. The minimum atomic E-state index is 0.444. The molecule has 0 aliphatic heterocycles. The highest BCUT2D eigenvalue weighted by atomic mass is 35.5. The lowest BCUT2D eigenvalue weighted by molar-refractivity contribution is -0.0360. The third kappa shape index (κ3) is 2.87. The van der Waals surface area contributed by atoms with Gasteiger partial charge in [0.2, 0.25) is 0 Å². The van der Waals surface area contributed by atoms with E-state index in [0.717, 1.165) is 35.3 Å². The maximum absolute atomic E-state index is 5.90. The zero-order valence-corrected chi connectivity index (χ0v) is 17.9. The van der Waals surface area contributed by atoms with Crippen molar-refractivity contribution >= 4 is 23.4 Å². The highest BCUT2D eigenvalue weighted by Gasteiger charge is 2.57. The molecule has 2 fully saturated rings. The molecule has 0 unspecified atom stereocenters. The van der Waals surface area contributed by atoms with Crippen LogP contribution in [-0.2, 0) is 0 Å². The van der Waals surface area contributed by atoms with Crippen LogP contribution in [0.2, 0.25) is 0 Å². The lowest BCUT2D eigenvalue weighted by atomic mass is 9.48. The second-order valence-electron chi connectivity index (χ2n) is 9.56. The van der Waals surface area contributed by atoms with Gasteiger partial charge in [0.15, 0.2) is 0 Å². The van der Waals surface area contributed by atoms with E-state index in [2.05, 4.69) is 32.9 Å². The van der Waals surface area contributed by atoms with Crippen molar-refractivity contribution in [3.8, 4) is 0 Å². The first-order chi connectivity index (χ1) is 12.0. The number of allylic oxidation sites excluding steroid dienone is 4. The molecule has 0 heterocycles. The summed E-state index contributed by atoms with van der Waals surface area (Å²) in [7, 11) is 0. The summed E-state index contributed by atoms with van der Waals surface area (Å²) in [4.78, 5) is 1.58. The second kappa shape index (κ2) is 6.93. The number of hydrogen-bond acceptors (Lipinski definition) is 1. The van der Waals surface area contributed by atoms with Crippen molar-refractivity contribution in [2.24, 2.45) is 34.5 Å². The highest BCUT2D eigenvalue weighted by Crippen LogP contribution is 2.66. The molecule has 0 N–H and O–H groups in total. The van der Waals surface area contributed by atoms with Crippen molar-refractivity contribution in [2.45, 2.75) is 72.1 Å². The van der Waals surface area contributed by atoms with E-state index in [-0.39, 0.29) is 0 Å². The fourth-order valence-corrected chi connectivity index (χ4v) is 8.39. The first-order valence-corrected chi connectivity index (χ1v) is 12.1. The minimum absolute atomic E-state index is 0.444. The summed E-state index contributed by atoms with van der Waals surface area (Å²) in [6.45, 7) is 7.68. The molecule has 0 aromatic rings. The number of fused-ring (bicyclic) bond motifs is 5. The number of thioether (sulfide) groups is 1. The SMILES string of the molecule is CC[C@H]1CC[C@H]2[C@@H]3CC=C4C=C(SCCCl)CC[C@]4(C)[C@H]3CC[C@]12C. The van der Waals surface area contributed by atoms with Crippen LogP contribution in [0.3, 0.4) is 0 Å². The lowest BCUT2D eigenvalue weighted by Crippen LogP contribution is -2.49. The van der Waals surface area contributed by atoms with Gasteiger partial charge < -0.3 is 0 Å². The average molecular weight is 379 g/mol. The van der Waals surface area contributed by atoms with Crippen LogP contribution < -0.4 is 0 Å². The van der Waals surface area contributed by atoms with E-state index < -0.39 is 0 Å². The summed E-state index contributed by atoms with van der Waals surface area (Å²) in [5.74, 6) is 5.68. The van der Waals surface area contributed by atoms with E-state index in [1.807, 2.05) is 11.8 Å². The minimum Gasteiger partial charge on any atom is -0.129 e. The number of hydrogen-bond donors (Lipinski definition) is 0. The van der Waals surface area contributed by atoms with Crippen molar-refractivity contribution in [3.05, 3.63) is 22.6 Å². The maximum atomic E-state index is 5.90. The van der Waals surface area contributed by atoms with Crippen LogP contribution in [0.15, 0.2) is 22.6 Å². The molecular weight excluding hydrogens is 344 g/mol. The zero-order chi connectivity index (χ0) is 17.7. The smallest absolute Gasteiger partial charge is 0.0317 e. The molecule has 0 nitrogen and oxygen atoms in total. The molecule has 0 radical (unpaired) electrons. The van der Waals surface area contributed by atoms with Gasteiger partial charge in [-0.2, -0.15) is 0 Å². The predicted octanol–water partition coefficient (Wildman–Crippen LogP) is 7.44. The van der Waals surface area contributed by atoms with Gasteiger partial charge in [-0.25, -0.2) is 0 Å². The molecule has 25 heavy (non-hydrogen) atoms. The van der Waals surface area contributed by atoms with Gasteiger partial charge in [-0.1, -0.05) is 33.3 Å². The number of alkyl halides is 1. The summed E-state index contributed by atoms with van der Waals surface area (Å²) in [6.07, 6.45) is 16.5. The standard InChI is InChI=1S/C23H35ClS/c1-4-16-6-8-20-19-7-5-17-15-18(25-14-13-24)9-11-23(17,3)21(19)10-12-22(16,20)2/h5,15-16,19-21H,4,6-14H2,1-3H3/t16-,19-,20-,21-,22+,23-/m0/s1. The molecule has 6 atom stereocenters.